The van der Waals surface area contributed by atoms with E-state index in [1.54, 1.807) is 26.5 Å². The van der Waals surface area contributed by atoms with Crippen LogP contribution in [0.15, 0.2) is 53.5 Å². The molecule has 1 aromatic heterocycles. The van der Waals surface area contributed by atoms with E-state index in [0.29, 0.717) is 29.5 Å². The minimum Gasteiger partial charge on any atom is -0.493 e. The Morgan fingerprint density at radius 1 is 1.11 bits per heavy atom. The van der Waals surface area contributed by atoms with Crippen molar-refractivity contribution < 1.29 is 9.47 Å². The van der Waals surface area contributed by atoms with Crippen LogP contribution in [0.3, 0.4) is 0 Å². The molecular formula is C21H23N3O3. The molecule has 0 amide bonds. The van der Waals surface area contributed by atoms with Crippen molar-refractivity contribution in [2.24, 2.45) is 0 Å². The number of hydrogen-bond donors (Lipinski definition) is 0. The van der Waals surface area contributed by atoms with E-state index in [2.05, 4.69) is 34.3 Å². The van der Waals surface area contributed by atoms with Crippen LogP contribution >= 0.6 is 0 Å². The average Bonchev–Trinajstić information content (AvgIpc) is 3.18. The molecular weight excluding hydrogens is 342 g/mol. The SMILES string of the molecule is COc1ccc2cnn(CN3CC[C@H](c4ccccc4)C3)c(=O)c2c1OC. The maximum Gasteiger partial charge on any atom is 0.279 e. The molecule has 6 nitrogen and oxygen atoms in total. The Balaban J connectivity index is 1.61. The highest BCUT2D eigenvalue weighted by molar-refractivity contribution is 5.89. The highest BCUT2D eigenvalue weighted by atomic mass is 16.5. The second-order valence-electron chi connectivity index (χ2n) is 6.83. The van der Waals surface area contributed by atoms with E-state index in [0.717, 1.165) is 24.9 Å². The zero-order valence-electron chi connectivity index (χ0n) is 15.6. The number of methoxy groups -OCH3 is 2. The minimum absolute atomic E-state index is 0.161. The first-order valence-electron chi connectivity index (χ1n) is 9.09. The van der Waals surface area contributed by atoms with Crippen molar-refractivity contribution in [3.63, 3.8) is 0 Å². The van der Waals surface area contributed by atoms with Crippen LogP contribution in [0.1, 0.15) is 17.9 Å². The van der Waals surface area contributed by atoms with Crippen molar-refractivity contribution >= 4 is 10.8 Å². The molecule has 2 heterocycles. The molecule has 1 saturated heterocycles. The molecule has 1 fully saturated rings. The number of benzene rings is 2. The number of fused-ring (bicyclic) bond motifs is 1. The highest BCUT2D eigenvalue weighted by Gasteiger charge is 2.24. The lowest BCUT2D eigenvalue weighted by Crippen LogP contribution is -2.32. The Hall–Kier alpha value is -2.86. The largest absolute Gasteiger partial charge is 0.493 e. The van der Waals surface area contributed by atoms with Gasteiger partial charge in [0.25, 0.3) is 5.56 Å². The lowest BCUT2D eigenvalue weighted by molar-refractivity contribution is 0.246. The van der Waals surface area contributed by atoms with Gasteiger partial charge in [0.1, 0.15) is 0 Å². The molecule has 2 aromatic carbocycles. The van der Waals surface area contributed by atoms with Gasteiger partial charge in [-0.1, -0.05) is 30.3 Å². The molecule has 1 atom stereocenters. The Morgan fingerprint density at radius 2 is 1.93 bits per heavy atom. The Kier molecular flexibility index (Phi) is 4.81. The first kappa shape index (κ1) is 17.5. The number of nitrogens with zero attached hydrogens (tertiary/aromatic N) is 3. The van der Waals surface area contributed by atoms with Gasteiger partial charge in [-0.05, 0) is 30.0 Å². The molecule has 140 valence electrons. The lowest BCUT2D eigenvalue weighted by atomic mass is 9.99. The fraction of sp³-hybridized carbons (Fsp3) is 0.333. The smallest absolute Gasteiger partial charge is 0.279 e. The number of hydrogen-bond acceptors (Lipinski definition) is 5. The molecule has 0 bridgehead atoms. The van der Waals surface area contributed by atoms with Crippen LogP contribution in [-0.4, -0.2) is 42.0 Å². The molecule has 0 radical (unpaired) electrons. The summed E-state index contributed by atoms with van der Waals surface area (Å²) in [6.07, 6.45) is 2.80. The summed E-state index contributed by atoms with van der Waals surface area (Å²) >= 11 is 0. The number of aromatic nitrogens is 2. The topological polar surface area (TPSA) is 56.6 Å². The third-order valence-corrected chi connectivity index (χ3v) is 5.24. The normalized spacial score (nSPS) is 17.3. The third kappa shape index (κ3) is 3.28. The molecule has 6 heteroatoms. The Morgan fingerprint density at radius 3 is 2.67 bits per heavy atom. The van der Waals surface area contributed by atoms with E-state index < -0.39 is 0 Å². The quantitative estimate of drug-likeness (QED) is 0.696. The van der Waals surface area contributed by atoms with Crippen LogP contribution in [0.2, 0.25) is 0 Å². The lowest BCUT2D eigenvalue weighted by Gasteiger charge is -2.18. The van der Waals surface area contributed by atoms with Crippen LogP contribution in [0.4, 0.5) is 0 Å². The standard InChI is InChI=1S/C21H23N3O3/c1-26-18-9-8-16-12-22-24(21(25)19(16)20(18)27-2)14-23-11-10-17(13-23)15-6-4-3-5-7-15/h3-9,12,17H,10-11,13-14H2,1-2H3/t17-/m0/s1. The van der Waals surface area contributed by atoms with E-state index in [9.17, 15) is 4.79 Å². The average molecular weight is 365 g/mol. The van der Waals surface area contributed by atoms with Gasteiger partial charge in [-0.2, -0.15) is 5.10 Å². The number of ether oxygens (including phenoxy) is 2. The summed E-state index contributed by atoms with van der Waals surface area (Å²) in [5.41, 5.74) is 1.19. The second-order valence-corrected chi connectivity index (χ2v) is 6.83. The van der Waals surface area contributed by atoms with Crippen molar-refractivity contribution in [1.29, 1.82) is 0 Å². The summed E-state index contributed by atoms with van der Waals surface area (Å²) in [4.78, 5) is 15.3. The highest BCUT2D eigenvalue weighted by Crippen LogP contribution is 2.33. The van der Waals surface area contributed by atoms with E-state index >= 15 is 0 Å². The molecule has 1 aliphatic rings. The van der Waals surface area contributed by atoms with Crippen molar-refractivity contribution in [3.8, 4) is 11.5 Å². The molecule has 0 unspecified atom stereocenters. The van der Waals surface area contributed by atoms with E-state index in [1.165, 1.54) is 10.2 Å². The van der Waals surface area contributed by atoms with Crippen molar-refractivity contribution in [1.82, 2.24) is 14.7 Å². The van der Waals surface area contributed by atoms with Crippen molar-refractivity contribution in [2.45, 2.75) is 19.0 Å². The van der Waals surface area contributed by atoms with Gasteiger partial charge in [-0.3, -0.25) is 9.69 Å². The zero-order chi connectivity index (χ0) is 18.8. The Bertz CT molecular complexity index is 1000. The van der Waals surface area contributed by atoms with Crippen LogP contribution < -0.4 is 15.0 Å². The summed E-state index contributed by atoms with van der Waals surface area (Å²) in [5, 5.41) is 5.62. The first-order valence-corrected chi connectivity index (χ1v) is 9.09. The molecule has 3 aromatic rings. The van der Waals surface area contributed by atoms with Gasteiger partial charge in [0.15, 0.2) is 11.5 Å². The maximum atomic E-state index is 13.1. The van der Waals surface area contributed by atoms with Crippen LogP contribution in [0.5, 0.6) is 11.5 Å². The predicted octanol–water partition coefficient (Wildman–Crippen LogP) is 2.86. The zero-order valence-corrected chi connectivity index (χ0v) is 15.6. The molecule has 0 N–H and O–H groups in total. The van der Waals surface area contributed by atoms with Crippen LogP contribution in [0.25, 0.3) is 10.8 Å². The maximum absolute atomic E-state index is 13.1. The summed E-state index contributed by atoms with van der Waals surface area (Å²) in [7, 11) is 3.11. The minimum atomic E-state index is -0.161. The monoisotopic (exact) mass is 365 g/mol. The van der Waals surface area contributed by atoms with Crippen molar-refractivity contribution in [3.05, 3.63) is 64.6 Å². The summed E-state index contributed by atoms with van der Waals surface area (Å²) in [6.45, 7) is 2.34. The molecule has 0 saturated carbocycles. The fourth-order valence-corrected chi connectivity index (χ4v) is 3.83. The third-order valence-electron chi connectivity index (χ3n) is 5.24. The molecule has 0 aliphatic carbocycles. The molecule has 4 rings (SSSR count). The second kappa shape index (κ2) is 7.40. The number of rotatable bonds is 5. The van der Waals surface area contributed by atoms with Gasteiger partial charge in [0.2, 0.25) is 0 Å². The van der Waals surface area contributed by atoms with Gasteiger partial charge in [-0.25, -0.2) is 4.68 Å². The molecule has 0 spiro atoms. The fourth-order valence-electron chi connectivity index (χ4n) is 3.83. The van der Waals surface area contributed by atoms with Gasteiger partial charge in [0.05, 0.1) is 32.5 Å². The Labute approximate surface area is 157 Å². The number of likely N-dealkylation sites (tertiary alicyclic amines) is 1. The van der Waals surface area contributed by atoms with Crippen LogP contribution in [0, 0.1) is 0 Å². The van der Waals surface area contributed by atoms with Gasteiger partial charge in [-0.15, -0.1) is 0 Å². The van der Waals surface area contributed by atoms with E-state index in [-0.39, 0.29) is 5.56 Å². The predicted molar refractivity (Wildman–Crippen MR) is 104 cm³/mol. The van der Waals surface area contributed by atoms with Crippen LogP contribution in [-0.2, 0) is 6.67 Å². The molecule has 27 heavy (non-hydrogen) atoms. The van der Waals surface area contributed by atoms with Gasteiger partial charge >= 0.3 is 0 Å². The first-order chi connectivity index (χ1) is 13.2. The van der Waals surface area contributed by atoms with E-state index in [4.69, 9.17) is 9.47 Å². The van der Waals surface area contributed by atoms with Gasteiger partial charge < -0.3 is 9.47 Å². The summed E-state index contributed by atoms with van der Waals surface area (Å²) in [5.74, 6) is 1.50. The summed E-state index contributed by atoms with van der Waals surface area (Å²) in [6, 6.07) is 14.2. The van der Waals surface area contributed by atoms with Crippen molar-refractivity contribution in [2.75, 3.05) is 27.3 Å². The molecule has 1 aliphatic heterocycles. The summed E-state index contributed by atoms with van der Waals surface area (Å²) < 4.78 is 12.3. The van der Waals surface area contributed by atoms with Gasteiger partial charge in [0, 0.05) is 18.5 Å². The van der Waals surface area contributed by atoms with E-state index in [1.807, 2.05) is 12.1 Å².